The number of rotatable bonds is 8. The van der Waals surface area contributed by atoms with Crippen LogP contribution in [0.15, 0.2) is 24.3 Å². The van der Waals surface area contributed by atoms with Gasteiger partial charge in [0.1, 0.15) is 0 Å². The van der Waals surface area contributed by atoms with Crippen LogP contribution in [0.1, 0.15) is 62.6 Å². The molecule has 0 radical (unpaired) electrons. The van der Waals surface area contributed by atoms with Gasteiger partial charge in [0.05, 0.1) is 5.38 Å². The lowest BCUT2D eigenvalue weighted by atomic mass is 10.1. The topological polar surface area (TPSA) is 12.0 Å². The number of hydrogen-bond acceptors (Lipinski definition) is 1. The van der Waals surface area contributed by atoms with E-state index in [1.165, 1.54) is 49.7 Å². The summed E-state index contributed by atoms with van der Waals surface area (Å²) in [5.74, 6) is 0. The highest BCUT2D eigenvalue weighted by Gasteiger charge is 2.29. The van der Waals surface area contributed by atoms with Crippen LogP contribution in [-0.4, -0.2) is 11.9 Å². The second-order valence-electron chi connectivity index (χ2n) is 5.62. The number of alkyl halides is 1. The normalized spacial score (nSPS) is 21.6. The van der Waals surface area contributed by atoms with Gasteiger partial charge in [0, 0.05) is 6.04 Å². The quantitative estimate of drug-likeness (QED) is 0.530. The molecule has 2 heteroatoms. The van der Waals surface area contributed by atoms with Crippen molar-refractivity contribution in [3.8, 4) is 0 Å². The first kappa shape index (κ1) is 14.9. The summed E-state index contributed by atoms with van der Waals surface area (Å²) >= 11 is 6.46. The average Bonchev–Trinajstić information content (AvgIpc) is 2.74. The zero-order valence-corrected chi connectivity index (χ0v) is 12.8. The Bertz CT molecular complexity index is 377. The van der Waals surface area contributed by atoms with Crippen molar-refractivity contribution < 1.29 is 0 Å². The van der Waals surface area contributed by atoms with Crippen LogP contribution in [-0.2, 0) is 6.42 Å². The first-order valence-corrected chi connectivity index (χ1v) is 8.22. The first-order valence-electron chi connectivity index (χ1n) is 7.78. The molecule has 0 aliphatic heterocycles. The van der Waals surface area contributed by atoms with Crippen molar-refractivity contribution in [2.75, 3.05) is 6.54 Å². The van der Waals surface area contributed by atoms with Gasteiger partial charge in [0.25, 0.3) is 0 Å². The van der Waals surface area contributed by atoms with Crippen molar-refractivity contribution in [2.24, 2.45) is 0 Å². The highest BCUT2D eigenvalue weighted by molar-refractivity contribution is 6.21. The Hall–Kier alpha value is -0.530. The van der Waals surface area contributed by atoms with Gasteiger partial charge in [0.15, 0.2) is 0 Å². The summed E-state index contributed by atoms with van der Waals surface area (Å²) in [5, 5.41) is 3.87. The van der Waals surface area contributed by atoms with Crippen LogP contribution in [0, 0.1) is 0 Å². The van der Waals surface area contributed by atoms with Crippen LogP contribution in [0.5, 0.6) is 0 Å². The lowest BCUT2D eigenvalue weighted by Gasteiger charge is -2.17. The lowest BCUT2D eigenvalue weighted by molar-refractivity contribution is 0.505. The zero-order chi connectivity index (χ0) is 13.5. The number of nitrogens with one attached hydrogen (secondary N) is 1. The number of unbranched alkanes of at least 4 members (excludes halogenated alkanes) is 5. The summed E-state index contributed by atoms with van der Waals surface area (Å²) in [6, 6.07) is 9.01. The van der Waals surface area contributed by atoms with E-state index in [4.69, 9.17) is 11.6 Å². The fourth-order valence-electron chi connectivity index (χ4n) is 2.95. The minimum atomic E-state index is 0.220. The van der Waals surface area contributed by atoms with E-state index in [1.807, 2.05) is 0 Å². The molecule has 0 saturated carbocycles. The van der Waals surface area contributed by atoms with Crippen molar-refractivity contribution in [3.63, 3.8) is 0 Å². The van der Waals surface area contributed by atoms with E-state index < -0.39 is 0 Å². The van der Waals surface area contributed by atoms with E-state index in [0.29, 0.717) is 6.04 Å². The van der Waals surface area contributed by atoms with E-state index in [0.717, 1.165) is 13.0 Å². The van der Waals surface area contributed by atoms with Crippen LogP contribution in [0.25, 0.3) is 0 Å². The van der Waals surface area contributed by atoms with E-state index in [2.05, 4.69) is 36.5 Å². The van der Waals surface area contributed by atoms with Gasteiger partial charge in [-0.25, -0.2) is 0 Å². The molecule has 106 valence electrons. The number of halogens is 1. The molecule has 0 aromatic heterocycles. The van der Waals surface area contributed by atoms with Crippen molar-refractivity contribution in [2.45, 2.75) is 63.3 Å². The summed E-state index contributed by atoms with van der Waals surface area (Å²) in [6.07, 6.45) is 9.09. The van der Waals surface area contributed by atoms with Crippen LogP contribution < -0.4 is 5.32 Å². The molecule has 0 bridgehead atoms. The van der Waals surface area contributed by atoms with Gasteiger partial charge in [-0.3, -0.25) is 0 Å². The molecule has 2 atom stereocenters. The van der Waals surface area contributed by atoms with Gasteiger partial charge < -0.3 is 5.32 Å². The molecular weight excluding hydrogens is 254 g/mol. The highest BCUT2D eigenvalue weighted by Crippen LogP contribution is 2.34. The van der Waals surface area contributed by atoms with Crippen molar-refractivity contribution in [1.29, 1.82) is 0 Å². The van der Waals surface area contributed by atoms with Crippen LogP contribution in [0.2, 0.25) is 0 Å². The van der Waals surface area contributed by atoms with Crippen molar-refractivity contribution in [1.82, 2.24) is 5.32 Å². The number of hydrogen-bond donors (Lipinski definition) is 1. The Morgan fingerprint density at radius 2 is 1.84 bits per heavy atom. The van der Waals surface area contributed by atoms with E-state index >= 15 is 0 Å². The smallest absolute Gasteiger partial charge is 0.0571 e. The van der Waals surface area contributed by atoms with Gasteiger partial charge in [-0.2, -0.15) is 0 Å². The molecule has 1 aliphatic carbocycles. The molecule has 1 aromatic carbocycles. The lowest BCUT2D eigenvalue weighted by Crippen LogP contribution is -2.26. The molecule has 1 N–H and O–H groups in total. The number of benzene rings is 1. The van der Waals surface area contributed by atoms with Crippen LogP contribution >= 0.6 is 11.6 Å². The van der Waals surface area contributed by atoms with Crippen molar-refractivity contribution >= 4 is 11.6 Å². The Balaban J connectivity index is 1.69. The van der Waals surface area contributed by atoms with Crippen molar-refractivity contribution in [3.05, 3.63) is 35.4 Å². The summed E-state index contributed by atoms with van der Waals surface area (Å²) in [6.45, 7) is 3.36. The second kappa shape index (κ2) is 7.91. The molecule has 1 nitrogen and oxygen atoms in total. The fourth-order valence-corrected chi connectivity index (χ4v) is 3.34. The third-order valence-corrected chi connectivity index (χ3v) is 4.47. The Labute approximate surface area is 122 Å². The molecule has 19 heavy (non-hydrogen) atoms. The van der Waals surface area contributed by atoms with E-state index in [1.54, 1.807) is 0 Å². The molecule has 0 spiro atoms. The maximum Gasteiger partial charge on any atom is 0.0571 e. The molecule has 0 amide bonds. The Kier molecular flexibility index (Phi) is 6.19. The fraction of sp³-hybridized carbons (Fsp3) is 0.647. The maximum atomic E-state index is 6.46. The molecule has 1 aromatic rings. The highest BCUT2D eigenvalue weighted by atomic mass is 35.5. The minimum absolute atomic E-state index is 0.220. The number of fused-ring (bicyclic) bond motifs is 1. The van der Waals surface area contributed by atoms with E-state index in [-0.39, 0.29) is 5.38 Å². The molecule has 1 aliphatic rings. The van der Waals surface area contributed by atoms with Crippen LogP contribution in [0.3, 0.4) is 0 Å². The largest absolute Gasteiger partial charge is 0.309 e. The molecule has 0 fully saturated rings. The summed E-state index contributed by atoms with van der Waals surface area (Å²) in [7, 11) is 0. The predicted molar refractivity (Wildman–Crippen MR) is 83.9 cm³/mol. The molecule has 0 heterocycles. The molecule has 2 rings (SSSR count). The van der Waals surface area contributed by atoms with Gasteiger partial charge >= 0.3 is 0 Å². The van der Waals surface area contributed by atoms with Gasteiger partial charge in [0.2, 0.25) is 0 Å². The Morgan fingerprint density at radius 1 is 1.11 bits per heavy atom. The zero-order valence-electron chi connectivity index (χ0n) is 12.0. The van der Waals surface area contributed by atoms with E-state index in [9.17, 15) is 0 Å². The average molecular weight is 280 g/mol. The van der Waals surface area contributed by atoms with Gasteiger partial charge in [-0.15, -0.1) is 11.6 Å². The third-order valence-electron chi connectivity index (χ3n) is 4.06. The molecule has 2 unspecified atom stereocenters. The van der Waals surface area contributed by atoms with Gasteiger partial charge in [-0.05, 0) is 30.5 Å². The minimum Gasteiger partial charge on any atom is -0.309 e. The maximum absolute atomic E-state index is 6.46. The molecule has 0 saturated heterocycles. The predicted octanol–water partition coefficient (Wildman–Crippen LogP) is 4.84. The summed E-state index contributed by atoms with van der Waals surface area (Å²) in [5.41, 5.74) is 2.83. The first-order chi connectivity index (χ1) is 9.33. The van der Waals surface area contributed by atoms with Gasteiger partial charge in [-0.1, -0.05) is 63.3 Å². The SMILES string of the molecule is CCCCCCCCNC1c2ccccc2CC1Cl. The standard InChI is InChI=1S/C17H26ClN/c1-2-3-4-5-6-9-12-19-17-15-11-8-7-10-14(15)13-16(17)18/h7-8,10-11,16-17,19H,2-6,9,12-13H2,1H3. The third kappa shape index (κ3) is 4.22. The Morgan fingerprint density at radius 3 is 2.68 bits per heavy atom. The van der Waals surface area contributed by atoms with Crippen LogP contribution in [0.4, 0.5) is 0 Å². The monoisotopic (exact) mass is 279 g/mol. The second-order valence-corrected chi connectivity index (χ2v) is 6.18. The summed E-state index contributed by atoms with van der Waals surface area (Å²) < 4.78 is 0. The molecular formula is C17H26ClN. The summed E-state index contributed by atoms with van der Waals surface area (Å²) in [4.78, 5) is 0.